The molecule has 1 unspecified atom stereocenters. The number of nitro benzene ring substituents is 1. The molecule has 1 atom stereocenters. The molecule has 1 rings (SSSR count). The van der Waals surface area contributed by atoms with Crippen LogP contribution in [0.2, 0.25) is 0 Å². The van der Waals surface area contributed by atoms with Gasteiger partial charge in [-0.15, -0.1) is 0 Å². The summed E-state index contributed by atoms with van der Waals surface area (Å²) in [6.45, 7) is 2.18. The van der Waals surface area contributed by atoms with Gasteiger partial charge in [-0.2, -0.15) is 5.26 Å². The number of nitriles is 1. The van der Waals surface area contributed by atoms with Crippen LogP contribution in [0.15, 0.2) is 18.2 Å². The van der Waals surface area contributed by atoms with Gasteiger partial charge in [-0.1, -0.05) is 6.92 Å². The lowest BCUT2D eigenvalue weighted by atomic mass is 10.1. The molecule has 1 aromatic carbocycles. The van der Waals surface area contributed by atoms with Crippen LogP contribution < -0.4 is 10.6 Å². The molecule has 7 nitrogen and oxygen atoms in total. The summed E-state index contributed by atoms with van der Waals surface area (Å²) in [5.41, 5.74) is -0.0195. The lowest BCUT2D eigenvalue weighted by Gasteiger charge is -2.11. The predicted octanol–water partition coefficient (Wildman–Crippen LogP) is 1.26. The number of amides is 1. The van der Waals surface area contributed by atoms with Crippen molar-refractivity contribution in [1.82, 2.24) is 5.32 Å². The molecule has 19 heavy (non-hydrogen) atoms. The SMILES string of the molecule is CNCC(C)C(=O)Nc1ccc(C#N)cc1[N+](=O)[O-]. The topological polar surface area (TPSA) is 108 Å². The van der Waals surface area contributed by atoms with E-state index in [0.29, 0.717) is 6.54 Å². The van der Waals surface area contributed by atoms with Gasteiger partial charge in [-0.05, 0) is 19.2 Å². The first-order valence-corrected chi connectivity index (χ1v) is 5.63. The van der Waals surface area contributed by atoms with E-state index in [4.69, 9.17) is 5.26 Å². The van der Waals surface area contributed by atoms with E-state index in [1.165, 1.54) is 12.1 Å². The van der Waals surface area contributed by atoms with Crippen LogP contribution in [0.4, 0.5) is 11.4 Å². The molecule has 0 saturated carbocycles. The molecule has 0 bridgehead atoms. The summed E-state index contributed by atoms with van der Waals surface area (Å²) in [6, 6.07) is 5.74. The second kappa shape index (κ2) is 6.47. The minimum atomic E-state index is -0.626. The van der Waals surface area contributed by atoms with Crippen LogP contribution in [0.3, 0.4) is 0 Å². The highest BCUT2D eigenvalue weighted by Gasteiger charge is 2.19. The zero-order valence-electron chi connectivity index (χ0n) is 10.6. The standard InChI is InChI=1S/C12H14N4O3/c1-8(7-14-2)12(17)15-10-4-3-9(6-13)5-11(10)16(18)19/h3-5,8,14H,7H2,1-2H3,(H,15,17). The average Bonchev–Trinajstić information content (AvgIpc) is 2.39. The average molecular weight is 262 g/mol. The molecule has 0 heterocycles. The molecule has 0 fully saturated rings. The Bertz CT molecular complexity index is 536. The van der Waals surface area contributed by atoms with Crippen molar-refractivity contribution < 1.29 is 9.72 Å². The van der Waals surface area contributed by atoms with Crippen LogP contribution in [-0.4, -0.2) is 24.4 Å². The molecule has 0 radical (unpaired) electrons. The zero-order chi connectivity index (χ0) is 14.4. The smallest absolute Gasteiger partial charge is 0.294 e. The van der Waals surface area contributed by atoms with E-state index in [2.05, 4.69) is 10.6 Å². The molecule has 7 heteroatoms. The van der Waals surface area contributed by atoms with E-state index in [1.807, 2.05) is 6.07 Å². The number of hydrogen-bond acceptors (Lipinski definition) is 5. The van der Waals surface area contributed by atoms with Gasteiger partial charge < -0.3 is 10.6 Å². The van der Waals surface area contributed by atoms with Gasteiger partial charge in [0.25, 0.3) is 5.69 Å². The Kier molecular flexibility index (Phi) is 4.97. The van der Waals surface area contributed by atoms with Crippen LogP contribution in [0, 0.1) is 27.4 Å². The number of nitrogens with zero attached hydrogens (tertiary/aromatic N) is 2. The predicted molar refractivity (Wildman–Crippen MR) is 69.5 cm³/mol. The first kappa shape index (κ1) is 14.6. The van der Waals surface area contributed by atoms with Crippen LogP contribution >= 0.6 is 0 Å². The molecule has 0 spiro atoms. The largest absolute Gasteiger partial charge is 0.320 e. The van der Waals surface area contributed by atoms with Gasteiger partial charge in [0.2, 0.25) is 5.91 Å². The summed E-state index contributed by atoms with van der Waals surface area (Å²) in [6.07, 6.45) is 0. The number of rotatable bonds is 5. The molecule has 2 N–H and O–H groups in total. The third-order valence-corrected chi connectivity index (χ3v) is 2.54. The fraction of sp³-hybridized carbons (Fsp3) is 0.333. The fourth-order valence-electron chi connectivity index (χ4n) is 1.51. The van der Waals surface area contributed by atoms with Gasteiger partial charge in [0.05, 0.1) is 16.6 Å². The quantitative estimate of drug-likeness (QED) is 0.613. The summed E-state index contributed by atoms with van der Waals surface area (Å²) in [5.74, 6) is -0.637. The number of hydrogen-bond donors (Lipinski definition) is 2. The number of carbonyl (C=O) groups excluding carboxylic acids is 1. The third-order valence-electron chi connectivity index (χ3n) is 2.54. The Morgan fingerprint density at radius 3 is 2.79 bits per heavy atom. The van der Waals surface area contributed by atoms with Gasteiger partial charge >= 0.3 is 0 Å². The molecule has 0 aliphatic heterocycles. The first-order valence-electron chi connectivity index (χ1n) is 5.63. The second-order valence-electron chi connectivity index (χ2n) is 4.05. The van der Waals surface area contributed by atoms with E-state index in [0.717, 1.165) is 6.07 Å². The number of benzene rings is 1. The Morgan fingerprint density at radius 1 is 1.58 bits per heavy atom. The summed E-state index contributed by atoms with van der Waals surface area (Å²) in [7, 11) is 1.72. The van der Waals surface area contributed by atoms with Gasteiger partial charge in [0.1, 0.15) is 5.69 Å². The summed E-state index contributed by atoms with van der Waals surface area (Å²) < 4.78 is 0. The Hall–Kier alpha value is -2.46. The van der Waals surface area contributed by atoms with E-state index in [9.17, 15) is 14.9 Å². The highest BCUT2D eigenvalue weighted by Crippen LogP contribution is 2.25. The molecule has 100 valence electrons. The number of nitro groups is 1. The minimum absolute atomic E-state index is 0.0944. The van der Waals surface area contributed by atoms with Crippen molar-refractivity contribution in [3.05, 3.63) is 33.9 Å². The highest BCUT2D eigenvalue weighted by molar-refractivity contribution is 5.94. The maximum Gasteiger partial charge on any atom is 0.294 e. The summed E-state index contributed by atoms with van der Waals surface area (Å²) in [5, 5.41) is 25.0. The number of anilines is 1. The maximum atomic E-state index is 11.8. The summed E-state index contributed by atoms with van der Waals surface area (Å²) >= 11 is 0. The van der Waals surface area contributed by atoms with Gasteiger partial charge in [-0.25, -0.2) is 0 Å². The lowest BCUT2D eigenvalue weighted by molar-refractivity contribution is -0.384. The number of carbonyl (C=O) groups is 1. The highest BCUT2D eigenvalue weighted by atomic mass is 16.6. The Morgan fingerprint density at radius 2 is 2.26 bits per heavy atom. The zero-order valence-corrected chi connectivity index (χ0v) is 10.6. The first-order chi connectivity index (χ1) is 8.99. The molecule has 0 aliphatic rings. The van der Waals surface area contributed by atoms with Crippen molar-refractivity contribution in [2.24, 2.45) is 5.92 Å². The van der Waals surface area contributed by atoms with Crippen LogP contribution in [0.1, 0.15) is 12.5 Å². The maximum absolute atomic E-state index is 11.8. The van der Waals surface area contributed by atoms with Crippen molar-refractivity contribution in [3.63, 3.8) is 0 Å². The molecule has 0 aliphatic carbocycles. The van der Waals surface area contributed by atoms with Crippen LogP contribution in [0.5, 0.6) is 0 Å². The lowest BCUT2D eigenvalue weighted by Crippen LogP contribution is -2.28. The summed E-state index contributed by atoms with van der Waals surface area (Å²) in [4.78, 5) is 22.1. The van der Waals surface area contributed by atoms with Gasteiger partial charge in [0, 0.05) is 18.5 Å². The van der Waals surface area contributed by atoms with Crippen molar-refractivity contribution in [3.8, 4) is 6.07 Å². The molecule has 1 amide bonds. The molecular formula is C12H14N4O3. The van der Waals surface area contributed by atoms with Gasteiger partial charge in [0.15, 0.2) is 0 Å². The molecule has 0 saturated heterocycles. The fourth-order valence-corrected chi connectivity index (χ4v) is 1.51. The van der Waals surface area contributed by atoms with Crippen molar-refractivity contribution in [2.45, 2.75) is 6.92 Å². The molecule has 1 aromatic rings. The third kappa shape index (κ3) is 3.76. The molecular weight excluding hydrogens is 248 g/mol. The van der Waals surface area contributed by atoms with Crippen LogP contribution in [-0.2, 0) is 4.79 Å². The Labute approximate surface area is 110 Å². The van der Waals surface area contributed by atoms with Crippen molar-refractivity contribution >= 4 is 17.3 Å². The molecule has 0 aromatic heterocycles. The normalized spacial score (nSPS) is 11.4. The van der Waals surface area contributed by atoms with E-state index in [-0.39, 0.29) is 28.8 Å². The number of nitrogens with one attached hydrogen (secondary N) is 2. The van der Waals surface area contributed by atoms with Crippen molar-refractivity contribution in [1.29, 1.82) is 5.26 Å². The minimum Gasteiger partial charge on any atom is -0.320 e. The van der Waals surface area contributed by atoms with Gasteiger partial charge in [-0.3, -0.25) is 14.9 Å². The van der Waals surface area contributed by atoms with E-state index in [1.54, 1.807) is 14.0 Å². The van der Waals surface area contributed by atoms with E-state index >= 15 is 0 Å². The second-order valence-corrected chi connectivity index (χ2v) is 4.05. The Balaban J connectivity index is 2.98. The van der Waals surface area contributed by atoms with E-state index < -0.39 is 4.92 Å². The monoisotopic (exact) mass is 262 g/mol. The van der Waals surface area contributed by atoms with Crippen LogP contribution in [0.25, 0.3) is 0 Å². The van der Waals surface area contributed by atoms with Crippen molar-refractivity contribution in [2.75, 3.05) is 18.9 Å².